The van der Waals surface area contributed by atoms with Gasteiger partial charge in [-0.25, -0.2) is 4.98 Å². The second-order valence-corrected chi connectivity index (χ2v) is 7.04. The van der Waals surface area contributed by atoms with Gasteiger partial charge < -0.3 is 0 Å². The maximum absolute atomic E-state index is 12.3. The summed E-state index contributed by atoms with van der Waals surface area (Å²) in [6, 6.07) is 16.6. The van der Waals surface area contributed by atoms with E-state index in [2.05, 4.69) is 15.8 Å². The summed E-state index contributed by atoms with van der Waals surface area (Å²) < 4.78 is 0. The maximum Gasteiger partial charge on any atom is 0.281 e. The molecule has 0 saturated heterocycles. The Morgan fingerprint density at radius 3 is 2.42 bits per heavy atom. The standard InChI is InChI=1S/C19H16ClN3O2S/c1-12-17(26-19(21-12)14-5-3-2-4-6-14)18(25)23-22-16(24)11-13-7-9-15(20)10-8-13/h2-10H,11H2,1H3,(H,22,24)(H,23,25). The molecule has 0 saturated carbocycles. The number of hydrogen-bond acceptors (Lipinski definition) is 4. The van der Waals surface area contributed by atoms with Gasteiger partial charge in [0.2, 0.25) is 5.91 Å². The third-order valence-corrected chi connectivity index (χ3v) is 5.07. The van der Waals surface area contributed by atoms with E-state index in [1.165, 1.54) is 11.3 Å². The van der Waals surface area contributed by atoms with Crippen molar-refractivity contribution in [1.29, 1.82) is 0 Å². The molecule has 0 unspecified atom stereocenters. The SMILES string of the molecule is Cc1nc(-c2ccccc2)sc1C(=O)NNC(=O)Cc1ccc(Cl)cc1. The summed E-state index contributed by atoms with van der Waals surface area (Å²) in [7, 11) is 0. The van der Waals surface area contributed by atoms with Crippen molar-refractivity contribution in [2.45, 2.75) is 13.3 Å². The number of carbonyl (C=O) groups is 2. The average Bonchev–Trinajstić information content (AvgIpc) is 3.04. The summed E-state index contributed by atoms with van der Waals surface area (Å²) in [5.74, 6) is -0.697. The monoisotopic (exact) mass is 385 g/mol. The van der Waals surface area contributed by atoms with Gasteiger partial charge in [0, 0.05) is 10.6 Å². The molecule has 0 bridgehead atoms. The van der Waals surface area contributed by atoms with Gasteiger partial charge in [-0.05, 0) is 24.6 Å². The summed E-state index contributed by atoms with van der Waals surface area (Å²) in [6.45, 7) is 1.77. The number of thiazole rings is 1. The quantitative estimate of drug-likeness (QED) is 0.671. The van der Waals surface area contributed by atoms with Crippen molar-refractivity contribution in [2.24, 2.45) is 0 Å². The van der Waals surface area contributed by atoms with E-state index in [4.69, 9.17) is 11.6 Å². The van der Waals surface area contributed by atoms with Crippen LogP contribution < -0.4 is 10.9 Å². The molecule has 2 amide bonds. The van der Waals surface area contributed by atoms with Gasteiger partial charge in [0.05, 0.1) is 12.1 Å². The summed E-state index contributed by atoms with van der Waals surface area (Å²) >= 11 is 7.11. The largest absolute Gasteiger partial charge is 0.281 e. The number of halogens is 1. The Bertz CT molecular complexity index is 924. The molecule has 0 fully saturated rings. The molecule has 0 atom stereocenters. The normalized spacial score (nSPS) is 10.4. The van der Waals surface area contributed by atoms with Crippen LogP contribution in [0.25, 0.3) is 10.6 Å². The first-order valence-corrected chi connectivity index (χ1v) is 9.09. The molecular weight excluding hydrogens is 370 g/mol. The van der Waals surface area contributed by atoms with E-state index >= 15 is 0 Å². The van der Waals surface area contributed by atoms with Crippen molar-refractivity contribution in [1.82, 2.24) is 15.8 Å². The van der Waals surface area contributed by atoms with Gasteiger partial charge in [0.1, 0.15) is 9.88 Å². The molecule has 132 valence electrons. The van der Waals surface area contributed by atoms with Gasteiger partial charge in [0.25, 0.3) is 5.91 Å². The lowest BCUT2D eigenvalue weighted by Gasteiger charge is -2.06. The third kappa shape index (κ3) is 4.47. The second-order valence-electron chi connectivity index (χ2n) is 5.61. The highest BCUT2D eigenvalue weighted by Gasteiger charge is 2.16. The Hall–Kier alpha value is -2.70. The lowest BCUT2D eigenvalue weighted by atomic mass is 10.1. The molecule has 7 heteroatoms. The zero-order valence-corrected chi connectivity index (χ0v) is 15.5. The van der Waals surface area contributed by atoms with Crippen molar-refractivity contribution < 1.29 is 9.59 Å². The molecule has 0 aliphatic carbocycles. The maximum atomic E-state index is 12.3. The Kier molecular flexibility index (Phi) is 5.65. The molecule has 26 heavy (non-hydrogen) atoms. The zero-order valence-electron chi connectivity index (χ0n) is 14.0. The molecular formula is C19H16ClN3O2S. The smallest absolute Gasteiger partial charge is 0.273 e. The molecule has 0 aliphatic heterocycles. The second kappa shape index (κ2) is 8.12. The number of carbonyl (C=O) groups excluding carboxylic acids is 2. The van der Waals surface area contributed by atoms with E-state index in [1.54, 1.807) is 31.2 Å². The van der Waals surface area contributed by atoms with Crippen molar-refractivity contribution in [3.8, 4) is 10.6 Å². The van der Waals surface area contributed by atoms with Crippen molar-refractivity contribution in [3.05, 3.63) is 75.8 Å². The highest BCUT2D eigenvalue weighted by Crippen LogP contribution is 2.27. The van der Waals surface area contributed by atoms with Crippen molar-refractivity contribution >= 4 is 34.8 Å². The summed E-state index contributed by atoms with van der Waals surface area (Å²) in [4.78, 5) is 29.2. The van der Waals surface area contributed by atoms with Crippen LogP contribution in [0.3, 0.4) is 0 Å². The fourth-order valence-corrected chi connectivity index (χ4v) is 3.42. The van der Waals surface area contributed by atoms with Crippen LogP contribution in [0.15, 0.2) is 54.6 Å². The van der Waals surface area contributed by atoms with E-state index in [0.29, 0.717) is 15.6 Å². The molecule has 1 heterocycles. The highest BCUT2D eigenvalue weighted by atomic mass is 35.5. The van der Waals surface area contributed by atoms with Crippen LogP contribution >= 0.6 is 22.9 Å². The van der Waals surface area contributed by atoms with Crippen LogP contribution in [-0.4, -0.2) is 16.8 Å². The first-order valence-electron chi connectivity index (χ1n) is 7.89. The van der Waals surface area contributed by atoms with Gasteiger partial charge in [-0.15, -0.1) is 11.3 Å². The van der Waals surface area contributed by atoms with Gasteiger partial charge in [-0.2, -0.15) is 0 Å². The van der Waals surface area contributed by atoms with E-state index in [0.717, 1.165) is 16.1 Å². The minimum Gasteiger partial charge on any atom is -0.273 e. The van der Waals surface area contributed by atoms with Crippen LogP contribution in [0.4, 0.5) is 0 Å². The third-order valence-electron chi connectivity index (χ3n) is 3.62. The van der Waals surface area contributed by atoms with Crippen LogP contribution in [0.5, 0.6) is 0 Å². The van der Waals surface area contributed by atoms with Crippen LogP contribution in [-0.2, 0) is 11.2 Å². The fraction of sp³-hybridized carbons (Fsp3) is 0.105. The lowest BCUT2D eigenvalue weighted by molar-refractivity contribution is -0.121. The molecule has 0 spiro atoms. The topological polar surface area (TPSA) is 71.1 Å². The highest BCUT2D eigenvalue weighted by molar-refractivity contribution is 7.17. The Balaban J connectivity index is 1.60. The number of aryl methyl sites for hydroxylation is 1. The van der Waals surface area contributed by atoms with Gasteiger partial charge in [-0.3, -0.25) is 20.4 Å². The van der Waals surface area contributed by atoms with E-state index < -0.39 is 0 Å². The van der Waals surface area contributed by atoms with Gasteiger partial charge in [0.15, 0.2) is 0 Å². The molecule has 3 rings (SSSR count). The predicted molar refractivity (Wildman–Crippen MR) is 103 cm³/mol. The Morgan fingerprint density at radius 1 is 1.04 bits per heavy atom. The number of rotatable bonds is 4. The fourth-order valence-electron chi connectivity index (χ4n) is 2.33. The minimum atomic E-state index is -0.383. The molecule has 1 aromatic heterocycles. The minimum absolute atomic E-state index is 0.147. The molecule has 0 radical (unpaired) electrons. The zero-order chi connectivity index (χ0) is 18.5. The summed E-state index contributed by atoms with van der Waals surface area (Å²) in [5.41, 5.74) is 7.25. The number of benzene rings is 2. The molecule has 2 aromatic carbocycles. The number of hydrazine groups is 1. The summed E-state index contributed by atoms with van der Waals surface area (Å²) in [5, 5.41) is 1.37. The van der Waals surface area contributed by atoms with Gasteiger partial charge >= 0.3 is 0 Å². The number of nitrogens with one attached hydrogen (secondary N) is 2. The van der Waals surface area contributed by atoms with Crippen molar-refractivity contribution in [2.75, 3.05) is 0 Å². The van der Waals surface area contributed by atoms with E-state index in [9.17, 15) is 9.59 Å². The molecule has 5 nitrogen and oxygen atoms in total. The van der Waals surface area contributed by atoms with E-state index in [-0.39, 0.29) is 18.2 Å². The number of hydrogen-bond donors (Lipinski definition) is 2. The predicted octanol–water partition coefficient (Wildman–Crippen LogP) is 3.78. The Labute approximate surface area is 160 Å². The number of amides is 2. The Morgan fingerprint density at radius 2 is 1.73 bits per heavy atom. The van der Waals surface area contributed by atoms with Crippen LogP contribution in [0.2, 0.25) is 5.02 Å². The molecule has 0 aliphatic rings. The first kappa shape index (κ1) is 18.1. The molecule has 3 aromatic rings. The van der Waals surface area contributed by atoms with Crippen LogP contribution in [0.1, 0.15) is 20.9 Å². The lowest BCUT2D eigenvalue weighted by Crippen LogP contribution is -2.42. The van der Waals surface area contributed by atoms with E-state index in [1.807, 2.05) is 30.3 Å². The molecule has 2 N–H and O–H groups in total. The average molecular weight is 386 g/mol. The van der Waals surface area contributed by atoms with Gasteiger partial charge in [-0.1, -0.05) is 54.1 Å². The van der Waals surface area contributed by atoms with Crippen molar-refractivity contribution in [3.63, 3.8) is 0 Å². The number of nitrogens with zero attached hydrogens (tertiary/aromatic N) is 1. The first-order chi connectivity index (χ1) is 12.5. The summed E-state index contributed by atoms with van der Waals surface area (Å²) in [6.07, 6.45) is 0.147. The number of aromatic nitrogens is 1. The van der Waals surface area contributed by atoms with Crippen LogP contribution in [0, 0.1) is 6.92 Å².